The Bertz CT molecular complexity index is 636. The predicted molar refractivity (Wildman–Crippen MR) is 119 cm³/mol. The van der Waals surface area contributed by atoms with Crippen LogP contribution in [-0.4, -0.2) is 54.7 Å². The molecule has 0 N–H and O–H groups in total. The van der Waals surface area contributed by atoms with Crippen molar-refractivity contribution in [3.63, 3.8) is 0 Å². The number of carbonyl (C=O) groups is 2. The second-order valence-corrected chi connectivity index (χ2v) is 9.65. The van der Waals surface area contributed by atoms with Crippen molar-refractivity contribution in [2.24, 2.45) is 0 Å². The highest BCUT2D eigenvalue weighted by atomic mass is 79.9. The van der Waals surface area contributed by atoms with E-state index in [0.29, 0.717) is 13.2 Å². The zero-order valence-electron chi connectivity index (χ0n) is 18.8. The Labute approximate surface area is 188 Å². The van der Waals surface area contributed by atoms with E-state index in [2.05, 4.69) is 15.9 Å². The summed E-state index contributed by atoms with van der Waals surface area (Å²) < 4.78 is 22.8. The monoisotopic (exact) mass is 487 g/mol. The third kappa shape index (κ3) is 12.0. The molecule has 2 amide bonds. The molecule has 0 spiro atoms. The van der Waals surface area contributed by atoms with E-state index in [9.17, 15) is 9.59 Å². The Morgan fingerprint density at radius 2 is 1.33 bits per heavy atom. The van der Waals surface area contributed by atoms with E-state index in [4.69, 9.17) is 18.9 Å². The Kier molecular flexibility index (Phi) is 10.6. The highest BCUT2D eigenvalue weighted by Crippen LogP contribution is 2.16. The predicted octanol–water partition coefficient (Wildman–Crippen LogP) is 5.80. The molecule has 0 unspecified atom stereocenters. The highest BCUT2D eigenvalue weighted by molar-refractivity contribution is 9.10. The number of ether oxygens (including phenoxy) is 4. The van der Waals surface area contributed by atoms with Crippen molar-refractivity contribution in [3.05, 3.63) is 28.7 Å². The van der Waals surface area contributed by atoms with Crippen molar-refractivity contribution in [1.29, 1.82) is 0 Å². The van der Waals surface area contributed by atoms with Gasteiger partial charge in [-0.05, 0) is 78.6 Å². The molecule has 8 heteroatoms. The van der Waals surface area contributed by atoms with Crippen LogP contribution in [0.1, 0.15) is 54.4 Å². The summed E-state index contributed by atoms with van der Waals surface area (Å²) in [5, 5.41) is 0. The molecule has 0 atom stereocenters. The Morgan fingerprint density at radius 3 is 1.83 bits per heavy atom. The van der Waals surface area contributed by atoms with Crippen LogP contribution in [0, 0.1) is 0 Å². The van der Waals surface area contributed by atoms with Crippen molar-refractivity contribution >= 4 is 28.1 Å². The molecule has 170 valence electrons. The summed E-state index contributed by atoms with van der Waals surface area (Å²) in [6, 6.07) is 7.67. The van der Waals surface area contributed by atoms with E-state index in [1.807, 2.05) is 24.3 Å². The molecule has 7 nitrogen and oxygen atoms in total. The van der Waals surface area contributed by atoms with Gasteiger partial charge in [-0.3, -0.25) is 0 Å². The Hall–Kier alpha value is -1.80. The van der Waals surface area contributed by atoms with Crippen LogP contribution in [0.2, 0.25) is 0 Å². The minimum Gasteiger partial charge on any atom is -0.494 e. The number of rotatable bonds is 9. The maximum Gasteiger partial charge on any atom is 0.419 e. The van der Waals surface area contributed by atoms with Crippen LogP contribution in [-0.2, 0) is 14.2 Å². The number of hydrogen-bond donors (Lipinski definition) is 0. The molecule has 0 aliphatic heterocycles. The molecule has 1 aromatic rings. The van der Waals surface area contributed by atoms with Gasteiger partial charge in [-0.25, -0.2) is 14.5 Å². The topological polar surface area (TPSA) is 74.3 Å². The van der Waals surface area contributed by atoms with Gasteiger partial charge in [-0.1, -0.05) is 15.9 Å². The largest absolute Gasteiger partial charge is 0.494 e. The van der Waals surface area contributed by atoms with Crippen LogP contribution in [0.15, 0.2) is 28.7 Å². The maximum absolute atomic E-state index is 12.4. The number of amides is 2. The number of carbonyl (C=O) groups excluding carboxylic acids is 2. The average molecular weight is 488 g/mol. The minimum absolute atomic E-state index is 0.0548. The first-order valence-electron chi connectivity index (χ1n) is 10.1. The fourth-order valence-corrected chi connectivity index (χ4v) is 2.44. The summed E-state index contributed by atoms with van der Waals surface area (Å²) in [4.78, 5) is 25.7. The van der Waals surface area contributed by atoms with Crippen molar-refractivity contribution < 1.29 is 28.5 Å². The molecule has 0 heterocycles. The fraction of sp³-hybridized carbons (Fsp3) is 0.636. The third-order valence-electron chi connectivity index (χ3n) is 3.45. The smallest absolute Gasteiger partial charge is 0.419 e. The van der Waals surface area contributed by atoms with Crippen LogP contribution in [0.5, 0.6) is 5.75 Å². The van der Waals surface area contributed by atoms with E-state index >= 15 is 0 Å². The molecule has 0 aliphatic carbocycles. The maximum atomic E-state index is 12.4. The van der Waals surface area contributed by atoms with Crippen LogP contribution >= 0.6 is 15.9 Å². The first-order valence-corrected chi connectivity index (χ1v) is 10.9. The van der Waals surface area contributed by atoms with Gasteiger partial charge in [0, 0.05) is 11.1 Å². The summed E-state index contributed by atoms with van der Waals surface area (Å²) >= 11 is 3.39. The quantitative estimate of drug-likeness (QED) is 0.409. The van der Waals surface area contributed by atoms with Gasteiger partial charge in [0.2, 0.25) is 0 Å². The van der Waals surface area contributed by atoms with Gasteiger partial charge in [0.1, 0.15) is 17.0 Å². The van der Waals surface area contributed by atoms with E-state index in [1.54, 1.807) is 41.5 Å². The Balaban J connectivity index is 2.35. The van der Waals surface area contributed by atoms with E-state index in [1.165, 1.54) is 0 Å². The lowest BCUT2D eigenvalue weighted by Gasteiger charge is -2.28. The van der Waals surface area contributed by atoms with Crippen LogP contribution in [0.4, 0.5) is 9.59 Å². The number of halogens is 1. The van der Waals surface area contributed by atoms with Crippen LogP contribution in [0.25, 0.3) is 0 Å². The summed E-state index contributed by atoms with van der Waals surface area (Å²) in [7, 11) is 0. The van der Waals surface area contributed by atoms with Gasteiger partial charge >= 0.3 is 12.2 Å². The third-order valence-corrected chi connectivity index (χ3v) is 3.98. The molecule has 0 radical (unpaired) electrons. The van der Waals surface area contributed by atoms with Crippen molar-refractivity contribution in [3.8, 4) is 5.75 Å². The molecule has 1 rings (SSSR count). The summed E-state index contributed by atoms with van der Waals surface area (Å²) in [5.74, 6) is 0.824. The molecule has 0 saturated carbocycles. The van der Waals surface area contributed by atoms with Gasteiger partial charge in [-0.15, -0.1) is 0 Å². The summed E-state index contributed by atoms with van der Waals surface area (Å²) in [6.07, 6.45) is 0.138. The normalized spacial score (nSPS) is 11.7. The first kappa shape index (κ1) is 26.2. The molecular weight excluding hydrogens is 454 g/mol. The molecule has 0 fully saturated rings. The highest BCUT2D eigenvalue weighted by Gasteiger charge is 2.30. The van der Waals surface area contributed by atoms with Crippen LogP contribution < -0.4 is 4.74 Å². The molecule has 0 saturated heterocycles. The Morgan fingerprint density at radius 1 is 0.833 bits per heavy atom. The lowest BCUT2D eigenvalue weighted by molar-refractivity contribution is -0.00477. The molecule has 0 aliphatic rings. The van der Waals surface area contributed by atoms with Crippen molar-refractivity contribution in [1.82, 2.24) is 4.90 Å². The number of hydrogen-bond acceptors (Lipinski definition) is 6. The van der Waals surface area contributed by atoms with Crippen LogP contribution in [0.3, 0.4) is 0 Å². The summed E-state index contributed by atoms with van der Waals surface area (Å²) in [5.41, 5.74) is -1.43. The van der Waals surface area contributed by atoms with Gasteiger partial charge in [0.05, 0.1) is 19.8 Å². The van der Waals surface area contributed by atoms with Gasteiger partial charge in [-0.2, -0.15) is 0 Å². The van der Waals surface area contributed by atoms with Gasteiger partial charge < -0.3 is 18.9 Å². The zero-order valence-corrected chi connectivity index (χ0v) is 20.4. The lowest BCUT2D eigenvalue weighted by Crippen LogP contribution is -2.45. The number of nitrogens with zero attached hydrogens (tertiary/aromatic N) is 1. The second kappa shape index (κ2) is 12.2. The van der Waals surface area contributed by atoms with Gasteiger partial charge in [0.15, 0.2) is 0 Å². The number of benzene rings is 1. The molecule has 30 heavy (non-hydrogen) atoms. The zero-order chi connectivity index (χ0) is 22.8. The minimum atomic E-state index is -0.747. The first-order chi connectivity index (χ1) is 13.9. The van der Waals surface area contributed by atoms with E-state index < -0.39 is 23.4 Å². The SMILES string of the molecule is CC(C)(C)OC(=O)N(CCOCCCCOc1ccc(Br)cc1)C(=O)OC(C)(C)C. The van der Waals surface area contributed by atoms with E-state index in [0.717, 1.165) is 28.0 Å². The number of unbranched alkanes of at least 4 members (excludes halogenated alkanes) is 1. The van der Waals surface area contributed by atoms with Gasteiger partial charge in [0.25, 0.3) is 0 Å². The molecular formula is C22H34BrNO6. The standard InChI is InChI=1S/C22H34BrNO6/c1-21(2,3)29-19(25)24(20(26)30-22(4,5)6)13-16-27-14-7-8-15-28-18-11-9-17(23)10-12-18/h9-12H,7-8,13-16H2,1-6H3. The molecule has 0 aromatic heterocycles. The summed E-state index contributed by atoms with van der Waals surface area (Å²) in [6.45, 7) is 11.8. The van der Waals surface area contributed by atoms with Crippen molar-refractivity contribution in [2.75, 3.05) is 26.4 Å². The second-order valence-electron chi connectivity index (χ2n) is 8.73. The molecule has 0 bridgehead atoms. The molecule has 1 aromatic carbocycles. The number of imide groups is 1. The van der Waals surface area contributed by atoms with Crippen molar-refractivity contribution in [2.45, 2.75) is 65.6 Å². The fourth-order valence-electron chi connectivity index (χ4n) is 2.18. The lowest BCUT2D eigenvalue weighted by atomic mass is 10.2. The van der Waals surface area contributed by atoms with E-state index in [-0.39, 0.29) is 13.2 Å². The average Bonchev–Trinajstić information content (AvgIpc) is 2.58.